The van der Waals surface area contributed by atoms with Crippen molar-refractivity contribution in [2.24, 2.45) is 0 Å². The van der Waals surface area contributed by atoms with Crippen molar-refractivity contribution in [3.8, 4) is 17.1 Å². The highest BCUT2D eigenvalue weighted by Crippen LogP contribution is 2.20. The summed E-state index contributed by atoms with van der Waals surface area (Å²) in [5.41, 5.74) is 1.44. The third-order valence-corrected chi connectivity index (χ3v) is 4.07. The molecule has 4 rings (SSSR count). The Morgan fingerprint density at radius 2 is 2.04 bits per heavy atom. The predicted molar refractivity (Wildman–Crippen MR) is 97.4 cm³/mol. The second-order valence-electron chi connectivity index (χ2n) is 5.72. The molecule has 0 aliphatic rings. The van der Waals surface area contributed by atoms with Crippen molar-refractivity contribution >= 4 is 17.6 Å². The number of imidazole rings is 1. The predicted octanol–water partition coefficient (Wildman–Crippen LogP) is 4.07. The summed E-state index contributed by atoms with van der Waals surface area (Å²) in [6.45, 7) is -0.207. The second-order valence-corrected chi connectivity index (χ2v) is 6.16. The summed E-state index contributed by atoms with van der Waals surface area (Å²) in [4.78, 5) is 20.5. The van der Waals surface area contributed by atoms with Crippen LogP contribution in [-0.4, -0.2) is 25.7 Å². The van der Waals surface area contributed by atoms with E-state index in [4.69, 9.17) is 20.9 Å². The van der Waals surface area contributed by atoms with Crippen LogP contribution in [-0.2, 0) is 11.3 Å². The van der Waals surface area contributed by atoms with Crippen LogP contribution in [0.3, 0.4) is 0 Å². The molecule has 140 valence electrons. The molecule has 0 unspecified atom stereocenters. The maximum atomic E-state index is 13.1. The van der Waals surface area contributed by atoms with E-state index in [1.807, 2.05) is 0 Å². The molecule has 0 saturated heterocycles. The SMILES string of the molecule is O=C(OCc1nc(-c2cccc(Cl)c2)no1)c1cncn1-c1ccc(F)cc1. The zero-order chi connectivity index (χ0) is 19.5. The molecule has 2 heterocycles. The first kappa shape index (κ1) is 17.9. The summed E-state index contributed by atoms with van der Waals surface area (Å²) >= 11 is 5.95. The van der Waals surface area contributed by atoms with Crippen molar-refractivity contribution in [2.75, 3.05) is 0 Å². The molecule has 0 saturated carbocycles. The van der Waals surface area contributed by atoms with E-state index in [1.54, 1.807) is 24.3 Å². The lowest BCUT2D eigenvalue weighted by Crippen LogP contribution is -2.11. The minimum atomic E-state index is -0.635. The smallest absolute Gasteiger partial charge is 0.357 e. The van der Waals surface area contributed by atoms with E-state index in [0.717, 1.165) is 0 Å². The Labute approximate surface area is 163 Å². The fraction of sp³-hybridized carbons (Fsp3) is 0.0526. The maximum absolute atomic E-state index is 13.1. The van der Waals surface area contributed by atoms with Gasteiger partial charge in [0.05, 0.1) is 12.5 Å². The molecular weight excluding hydrogens is 387 g/mol. The number of ether oxygens (including phenoxy) is 1. The molecule has 0 bridgehead atoms. The molecule has 0 aliphatic carbocycles. The number of hydrogen-bond donors (Lipinski definition) is 0. The van der Waals surface area contributed by atoms with Gasteiger partial charge in [-0.15, -0.1) is 0 Å². The normalized spacial score (nSPS) is 10.8. The van der Waals surface area contributed by atoms with Crippen LogP contribution in [0.5, 0.6) is 0 Å². The monoisotopic (exact) mass is 398 g/mol. The molecule has 0 amide bonds. The van der Waals surface area contributed by atoms with E-state index in [2.05, 4.69) is 15.1 Å². The molecule has 0 aliphatic heterocycles. The van der Waals surface area contributed by atoms with Crippen molar-refractivity contribution < 1.29 is 18.4 Å². The Balaban J connectivity index is 1.46. The molecule has 2 aromatic heterocycles. The lowest BCUT2D eigenvalue weighted by atomic mass is 10.2. The quantitative estimate of drug-likeness (QED) is 0.471. The van der Waals surface area contributed by atoms with Gasteiger partial charge in [0.25, 0.3) is 5.89 Å². The van der Waals surface area contributed by atoms with E-state index in [0.29, 0.717) is 22.1 Å². The largest absolute Gasteiger partial charge is 0.451 e. The topological polar surface area (TPSA) is 83.0 Å². The fourth-order valence-corrected chi connectivity index (χ4v) is 2.70. The highest BCUT2D eigenvalue weighted by atomic mass is 35.5. The van der Waals surface area contributed by atoms with Gasteiger partial charge in [-0.2, -0.15) is 4.98 Å². The van der Waals surface area contributed by atoms with Crippen molar-refractivity contribution in [1.29, 1.82) is 0 Å². The first-order chi connectivity index (χ1) is 13.6. The molecule has 0 spiro atoms. The Morgan fingerprint density at radius 1 is 1.21 bits per heavy atom. The Bertz CT molecular complexity index is 1120. The highest BCUT2D eigenvalue weighted by Gasteiger charge is 2.17. The number of nitrogens with zero attached hydrogens (tertiary/aromatic N) is 4. The lowest BCUT2D eigenvalue weighted by Gasteiger charge is -2.07. The fourth-order valence-electron chi connectivity index (χ4n) is 2.51. The van der Waals surface area contributed by atoms with Gasteiger partial charge in [-0.05, 0) is 36.4 Å². The van der Waals surface area contributed by atoms with Gasteiger partial charge < -0.3 is 9.26 Å². The Hall–Kier alpha value is -3.52. The van der Waals surface area contributed by atoms with Gasteiger partial charge in [-0.3, -0.25) is 4.57 Å². The molecule has 0 radical (unpaired) electrons. The standard InChI is InChI=1S/C19H12ClFN4O3/c20-13-3-1-2-12(8-13)18-23-17(28-24-18)10-27-19(26)16-9-22-11-25(16)15-6-4-14(21)5-7-15/h1-9,11H,10H2. The molecule has 0 atom stereocenters. The maximum Gasteiger partial charge on any atom is 0.357 e. The van der Waals surface area contributed by atoms with Gasteiger partial charge in [0, 0.05) is 16.3 Å². The molecule has 9 heteroatoms. The number of carbonyl (C=O) groups is 1. The van der Waals surface area contributed by atoms with Gasteiger partial charge >= 0.3 is 5.97 Å². The lowest BCUT2D eigenvalue weighted by molar-refractivity contribution is 0.0420. The average Bonchev–Trinajstić information content (AvgIpc) is 3.36. The van der Waals surface area contributed by atoms with Crippen molar-refractivity contribution in [3.05, 3.63) is 83.5 Å². The summed E-state index contributed by atoms with van der Waals surface area (Å²) in [6, 6.07) is 12.6. The molecule has 4 aromatic rings. The van der Waals surface area contributed by atoms with Crippen molar-refractivity contribution in [3.63, 3.8) is 0 Å². The van der Waals surface area contributed by atoms with E-state index in [9.17, 15) is 9.18 Å². The minimum absolute atomic E-state index is 0.135. The van der Waals surface area contributed by atoms with Crippen LogP contribution in [0.1, 0.15) is 16.4 Å². The Kier molecular flexibility index (Phi) is 4.86. The first-order valence-electron chi connectivity index (χ1n) is 8.14. The van der Waals surface area contributed by atoms with Crippen LogP contribution in [0.25, 0.3) is 17.1 Å². The number of benzene rings is 2. The molecular formula is C19H12ClFN4O3. The number of aromatic nitrogens is 4. The van der Waals surface area contributed by atoms with Gasteiger partial charge in [-0.25, -0.2) is 14.2 Å². The van der Waals surface area contributed by atoms with E-state index in [1.165, 1.54) is 41.4 Å². The van der Waals surface area contributed by atoms with Crippen molar-refractivity contribution in [1.82, 2.24) is 19.7 Å². The summed E-state index contributed by atoms with van der Waals surface area (Å²) in [7, 11) is 0. The third kappa shape index (κ3) is 3.77. The molecule has 0 fully saturated rings. The van der Waals surface area contributed by atoms with Crippen LogP contribution < -0.4 is 0 Å². The number of esters is 1. The van der Waals surface area contributed by atoms with Crippen LogP contribution in [0.15, 0.2) is 65.6 Å². The van der Waals surface area contributed by atoms with E-state index >= 15 is 0 Å². The Morgan fingerprint density at radius 3 is 2.82 bits per heavy atom. The summed E-state index contributed by atoms with van der Waals surface area (Å²) in [5.74, 6) is -0.537. The summed E-state index contributed by atoms with van der Waals surface area (Å²) < 4.78 is 24.9. The number of carbonyl (C=O) groups excluding carboxylic acids is 1. The number of halogens is 2. The van der Waals surface area contributed by atoms with Gasteiger partial charge in [-0.1, -0.05) is 28.9 Å². The summed E-state index contributed by atoms with van der Waals surface area (Å²) in [6.07, 6.45) is 2.80. The highest BCUT2D eigenvalue weighted by molar-refractivity contribution is 6.30. The van der Waals surface area contributed by atoms with Crippen molar-refractivity contribution in [2.45, 2.75) is 6.61 Å². The number of hydrogen-bond acceptors (Lipinski definition) is 6. The summed E-state index contributed by atoms with van der Waals surface area (Å²) in [5, 5.41) is 4.40. The minimum Gasteiger partial charge on any atom is -0.451 e. The second kappa shape index (κ2) is 7.61. The molecule has 28 heavy (non-hydrogen) atoms. The molecule has 0 N–H and O–H groups in total. The molecule has 7 nitrogen and oxygen atoms in total. The average molecular weight is 399 g/mol. The third-order valence-electron chi connectivity index (χ3n) is 3.83. The van der Waals surface area contributed by atoms with Crippen LogP contribution in [0, 0.1) is 5.82 Å². The number of rotatable bonds is 5. The van der Waals surface area contributed by atoms with Gasteiger partial charge in [0.15, 0.2) is 12.3 Å². The van der Waals surface area contributed by atoms with Crippen LogP contribution in [0.4, 0.5) is 4.39 Å². The first-order valence-corrected chi connectivity index (χ1v) is 8.52. The van der Waals surface area contributed by atoms with Gasteiger partial charge in [0.1, 0.15) is 5.82 Å². The van der Waals surface area contributed by atoms with E-state index < -0.39 is 5.97 Å². The zero-order valence-corrected chi connectivity index (χ0v) is 15.0. The van der Waals surface area contributed by atoms with Gasteiger partial charge in [0.2, 0.25) is 5.82 Å². The van der Waals surface area contributed by atoms with Crippen LogP contribution in [0.2, 0.25) is 5.02 Å². The van der Waals surface area contributed by atoms with E-state index in [-0.39, 0.29) is 24.0 Å². The molecule has 2 aromatic carbocycles. The zero-order valence-electron chi connectivity index (χ0n) is 14.3. The van der Waals surface area contributed by atoms with Crippen LogP contribution >= 0.6 is 11.6 Å².